The summed E-state index contributed by atoms with van der Waals surface area (Å²) in [5, 5.41) is 10.9. The first-order valence-electron chi connectivity index (χ1n) is 6.39. The number of benzene rings is 1. The van der Waals surface area contributed by atoms with Gasteiger partial charge in [-0.25, -0.2) is 0 Å². The molecule has 2 aliphatic rings. The van der Waals surface area contributed by atoms with Crippen molar-refractivity contribution < 1.29 is 5.11 Å². The van der Waals surface area contributed by atoms with Crippen LogP contribution in [-0.4, -0.2) is 34.7 Å². The molecule has 1 aromatic rings. The van der Waals surface area contributed by atoms with Crippen molar-refractivity contribution in [2.75, 3.05) is 13.1 Å². The van der Waals surface area contributed by atoms with Gasteiger partial charge in [-0.3, -0.25) is 4.90 Å². The van der Waals surface area contributed by atoms with E-state index >= 15 is 0 Å². The molecule has 0 bridgehead atoms. The van der Waals surface area contributed by atoms with Crippen molar-refractivity contribution >= 4 is 15.9 Å². The molecule has 2 nitrogen and oxygen atoms in total. The summed E-state index contributed by atoms with van der Waals surface area (Å²) in [5.74, 6) is 0. The van der Waals surface area contributed by atoms with E-state index in [9.17, 15) is 5.11 Å². The highest BCUT2D eigenvalue weighted by Crippen LogP contribution is 2.39. The molecular weight excluding hydrogens is 278 g/mol. The standard InChI is InChI=1S/C14H18BrNO/c15-12-5-2-1-4-11(12)10-14(17)7-9-16-8-3-6-13(14)16/h1-2,4-5,13,17H,3,6-10H2. The highest BCUT2D eigenvalue weighted by atomic mass is 79.9. The molecule has 0 amide bonds. The average molecular weight is 296 g/mol. The molecule has 2 atom stereocenters. The highest BCUT2D eigenvalue weighted by molar-refractivity contribution is 9.10. The van der Waals surface area contributed by atoms with Crippen LogP contribution in [0.2, 0.25) is 0 Å². The van der Waals surface area contributed by atoms with Gasteiger partial charge in [0.05, 0.1) is 5.60 Å². The molecule has 2 heterocycles. The second-order valence-corrected chi connectivity index (χ2v) is 6.17. The van der Waals surface area contributed by atoms with Crippen LogP contribution in [0.5, 0.6) is 0 Å². The summed E-state index contributed by atoms with van der Waals surface area (Å²) >= 11 is 3.58. The molecule has 17 heavy (non-hydrogen) atoms. The van der Waals surface area contributed by atoms with Crippen molar-refractivity contribution in [3.8, 4) is 0 Å². The number of hydrogen-bond acceptors (Lipinski definition) is 2. The van der Waals surface area contributed by atoms with E-state index in [2.05, 4.69) is 33.0 Å². The van der Waals surface area contributed by atoms with E-state index in [-0.39, 0.29) is 0 Å². The van der Waals surface area contributed by atoms with Gasteiger partial charge in [-0.1, -0.05) is 34.1 Å². The molecule has 1 N–H and O–H groups in total. The van der Waals surface area contributed by atoms with Gasteiger partial charge in [0.2, 0.25) is 0 Å². The van der Waals surface area contributed by atoms with Crippen LogP contribution in [0.3, 0.4) is 0 Å². The Morgan fingerprint density at radius 1 is 1.35 bits per heavy atom. The minimum absolute atomic E-state index is 0.384. The maximum Gasteiger partial charge on any atom is 0.0854 e. The van der Waals surface area contributed by atoms with E-state index in [1.54, 1.807) is 0 Å². The second kappa shape index (κ2) is 4.38. The minimum Gasteiger partial charge on any atom is -0.388 e. The molecule has 0 saturated carbocycles. The third-order valence-electron chi connectivity index (χ3n) is 4.27. The lowest BCUT2D eigenvalue weighted by Gasteiger charge is -2.30. The zero-order valence-electron chi connectivity index (χ0n) is 9.90. The average Bonchev–Trinajstić information content (AvgIpc) is 2.88. The zero-order chi connectivity index (χ0) is 11.9. The summed E-state index contributed by atoms with van der Waals surface area (Å²) in [6.45, 7) is 2.23. The zero-order valence-corrected chi connectivity index (χ0v) is 11.5. The largest absolute Gasteiger partial charge is 0.388 e. The van der Waals surface area contributed by atoms with Crippen LogP contribution in [0.15, 0.2) is 28.7 Å². The maximum atomic E-state index is 10.9. The van der Waals surface area contributed by atoms with Gasteiger partial charge in [0.25, 0.3) is 0 Å². The summed E-state index contributed by atoms with van der Waals surface area (Å²) < 4.78 is 1.12. The molecule has 2 aliphatic heterocycles. The molecule has 3 heteroatoms. The lowest BCUT2D eigenvalue weighted by molar-refractivity contribution is 0.0139. The number of hydrogen-bond donors (Lipinski definition) is 1. The lowest BCUT2D eigenvalue weighted by atomic mass is 9.86. The Kier molecular flexibility index (Phi) is 3.01. The third kappa shape index (κ3) is 2.05. The molecule has 2 unspecified atom stereocenters. The van der Waals surface area contributed by atoms with Gasteiger partial charge in [-0.15, -0.1) is 0 Å². The quantitative estimate of drug-likeness (QED) is 0.907. The molecule has 0 spiro atoms. The van der Waals surface area contributed by atoms with Crippen molar-refractivity contribution in [3.63, 3.8) is 0 Å². The van der Waals surface area contributed by atoms with Gasteiger partial charge in [0.15, 0.2) is 0 Å². The van der Waals surface area contributed by atoms with Crippen molar-refractivity contribution in [2.45, 2.75) is 37.3 Å². The van der Waals surface area contributed by atoms with Crippen LogP contribution in [0.1, 0.15) is 24.8 Å². The monoisotopic (exact) mass is 295 g/mol. The molecule has 0 radical (unpaired) electrons. The van der Waals surface area contributed by atoms with E-state index in [4.69, 9.17) is 0 Å². The first kappa shape index (κ1) is 11.7. The van der Waals surface area contributed by atoms with Crippen LogP contribution in [0.25, 0.3) is 0 Å². The van der Waals surface area contributed by atoms with E-state index in [1.165, 1.54) is 18.5 Å². The van der Waals surface area contributed by atoms with Crippen LogP contribution in [0, 0.1) is 0 Å². The van der Waals surface area contributed by atoms with Gasteiger partial charge in [-0.2, -0.15) is 0 Å². The van der Waals surface area contributed by atoms with Gasteiger partial charge < -0.3 is 5.11 Å². The fraction of sp³-hybridized carbons (Fsp3) is 0.571. The molecule has 92 valence electrons. The summed E-state index contributed by atoms with van der Waals surface area (Å²) in [6.07, 6.45) is 4.08. The molecular formula is C14H18BrNO. The summed E-state index contributed by atoms with van der Waals surface area (Å²) in [7, 11) is 0. The number of halogens is 1. The van der Waals surface area contributed by atoms with E-state index < -0.39 is 5.60 Å². The highest BCUT2D eigenvalue weighted by Gasteiger charge is 2.47. The molecule has 1 aromatic carbocycles. The Bertz CT molecular complexity index is 422. The topological polar surface area (TPSA) is 23.5 Å². The Morgan fingerprint density at radius 3 is 3.00 bits per heavy atom. The van der Waals surface area contributed by atoms with Gasteiger partial charge in [0, 0.05) is 23.5 Å². The molecule has 2 fully saturated rings. The second-order valence-electron chi connectivity index (χ2n) is 5.32. The Morgan fingerprint density at radius 2 is 2.18 bits per heavy atom. The van der Waals surface area contributed by atoms with Crippen molar-refractivity contribution in [1.82, 2.24) is 4.90 Å². The van der Waals surface area contributed by atoms with Crippen molar-refractivity contribution in [3.05, 3.63) is 34.3 Å². The van der Waals surface area contributed by atoms with E-state index in [1.807, 2.05) is 12.1 Å². The molecule has 0 aromatic heterocycles. The predicted molar refractivity (Wildman–Crippen MR) is 72.0 cm³/mol. The van der Waals surface area contributed by atoms with Gasteiger partial charge in [0.1, 0.15) is 0 Å². The SMILES string of the molecule is OC1(Cc2ccccc2Br)CCN2CCCC21. The van der Waals surface area contributed by atoms with Crippen LogP contribution < -0.4 is 0 Å². The first-order valence-corrected chi connectivity index (χ1v) is 7.18. The van der Waals surface area contributed by atoms with Crippen molar-refractivity contribution in [2.24, 2.45) is 0 Å². The number of nitrogens with zero attached hydrogens (tertiary/aromatic N) is 1. The Labute approximate surface area is 111 Å². The smallest absolute Gasteiger partial charge is 0.0854 e. The molecule has 2 saturated heterocycles. The third-order valence-corrected chi connectivity index (χ3v) is 5.04. The van der Waals surface area contributed by atoms with Crippen LogP contribution in [0.4, 0.5) is 0 Å². The van der Waals surface area contributed by atoms with Gasteiger partial charge in [-0.05, 0) is 37.4 Å². The number of aliphatic hydroxyl groups is 1. The maximum absolute atomic E-state index is 10.9. The summed E-state index contributed by atoms with van der Waals surface area (Å²) in [5.41, 5.74) is 0.712. The van der Waals surface area contributed by atoms with E-state index in [0.717, 1.165) is 30.3 Å². The first-order chi connectivity index (χ1) is 8.19. The van der Waals surface area contributed by atoms with Crippen LogP contribution in [-0.2, 0) is 6.42 Å². The van der Waals surface area contributed by atoms with Crippen LogP contribution >= 0.6 is 15.9 Å². The lowest BCUT2D eigenvalue weighted by Crippen LogP contribution is -2.43. The normalized spacial score (nSPS) is 32.9. The van der Waals surface area contributed by atoms with E-state index in [0.29, 0.717) is 6.04 Å². The molecule has 3 rings (SSSR count). The summed E-state index contributed by atoms with van der Waals surface area (Å²) in [6, 6.07) is 8.62. The Balaban J connectivity index is 1.83. The predicted octanol–water partition coefficient (Wildman–Crippen LogP) is 2.59. The number of rotatable bonds is 2. The van der Waals surface area contributed by atoms with Gasteiger partial charge >= 0.3 is 0 Å². The fourth-order valence-corrected chi connectivity index (χ4v) is 3.81. The van der Waals surface area contributed by atoms with Crippen molar-refractivity contribution in [1.29, 1.82) is 0 Å². The number of fused-ring (bicyclic) bond motifs is 1. The molecule has 0 aliphatic carbocycles. The summed E-state index contributed by atoms with van der Waals surface area (Å²) in [4.78, 5) is 2.46. The minimum atomic E-state index is -0.514. The Hall–Kier alpha value is -0.380. The fourth-order valence-electron chi connectivity index (χ4n) is 3.38.